The quantitative estimate of drug-likeness (QED) is 0.736. The van der Waals surface area contributed by atoms with Gasteiger partial charge in [-0.05, 0) is 36.7 Å². The van der Waals surface area contributed by atoms with Crippen molar-refractivity contribution in [2.45, 2.75) is 24.8 Å². The van der Waals surface area contributed by atoms with E-state index in [0.717, 1.165) is 36.3 Å². The first kappa shape index (κ1) is 22.4. The van der Waals surface area contributed by atoms with Gasteiger partial charge in [-0.15, -0.1) is 23.7 Å². The van der Waals surface area contributed by atoms with Crippen molar-refractivity contribution in [1.82, 2.24) is 4.90 Å². The number of nitrogens with two attached hydrogens (primary N) is 1. The fourth-order valence-electron chi connectivity index (χ4n) is 3.12. The fourth-order valence-corrected chi connectivity index (χ4v) is 5.08. The fraction of sp³-hybridized carbons (Fsp3) is 0.333. The Labute approximate surface area is 174 Å². The van der Waals surface area contributed by atoms with E-state index in [1.165, 1.54) is 35.6 Å². The van der Waals surface area contributed by atoms with Gasteiger partial charge in [-0.2, -0.15) is 0 Å². The largest absolute Gasteiger partial charge is 0.365 e. The molecule has 3 rings (SSSR count). The molecule has 0 aliphatic carbocycles. The zero-order valence-electron chi connectivity index (χ0n) is 15.5. The van der Waals surface area contributed by atoms with E-state index in [9.17, 15) is 18.0 Å². The van der Waals surface area contributed by atoms with Crippen LogP contribution in [0.4, 0.5) is 5.00 Å². The summed E-state index contributed by atoms with van der Waals surface area (Å²) in [4.78, 5) is 28.0. The number of anilines is 1. The number of fused-ring (bicyclic) bond motifs is 1. The lowest BCUT2D eigenvalue weighted by atomic mass is 10.0. The van der Waals surface area contributed by atoms with Crippen LogP contribution < -0.4 is 11.1 Å². The molecule has 2 aromatic rings. The number of nitrogens with one attached hydrogen (secondary N) is 1. The molecule has 28 heavy (non-hydrogen) atoms. The van der Waals surface area contributed by atoms with Gasteiger partial charge in [-0.1, -0.05) is 13.0 Å². The summed E-state index contributed by atoms with van der Waals surface area (Å²) in [6.45, 7) is 4.54. The zero-order chi connectivity index (χ0) is 19.8. The van der Waals surface area contributed by atoms with Gasteiger partial charge in [0, 0.05) is 29.8 Å². The third-order valence-electron chi connectivity index (χ3n) is 4.58. The lowest BCUT2D eigenvalue weighted by Crippen LogP contribution is -2.30. The normalized spacial score (nSPS) is 14.1. The highest BCUT2D eigenvalue weighted by atomic mass is 35.5. The van der Waals surface area contributed by atoms with Crippen LogP contribution in [-0.2, 0) is 22.8 Å². The summed E-state index contributed by atoms with van der Waals surface area (Å²) in [5.74, 6) is -1.05. The average Bonchev–Trinajstić information content (AvgIpc) is 2.97. The Hall–Kier alpha value is -1.94. The Morgan fingerprint density at radius 1 is 1.32 bits per heavy atom. The summed E-state index contributed by atoms with van der Waals surface area (Å²) in [6.07, 6.45) is 1.79. The molecule has 0 bridgehead atoms. The van der Waals surface area contributed by atoms with Crippen LogP contribution in [-0.4, -0.2) is 44.5 Å². The number of sulfone groups is 1. The summed E-state index contributed by atoms with van der Waals surface area (Å²) in [6, 6.07) is 5.80. The van der Waals surface area contributed by atoms with E-state index >= 15 is 0 Å². The molecule has 3 N–H and O–H groups in total. The zero-order valence-corrected chi connectivity index (χ0v) is 18.0. The lowest BCUT2D eigenvalue weighted by molar-refractivity contribution is 0.1000. The molecule has 0 unspecified atom stereocenters. The van der Waals surface area contributed by atoms with Gasteiger partial charge in [0.05, 0.1) is 10.5 Å². The molecular weight excluding hydrogens is 422 g/mol. The number of nitrogens with zero attached hydrogens (tertiary/aromatic N) is 1. The molecule has 1 aromatic carbocycles. The number of halogens is 1. The van der Waals surface area contributed by atoms with Crippen molar-refractivity contribution < 1.29 is 18.0 Å². The lowest BCUT2D eigenvalue weighted by Gasteiger charge is -2.25. The molecule has 0 atom stereocenters. The minimum atomic E-state index is -3.42. The predicted octanol–water partition coefficient (Wildman–Crippen LogP) is 2.30. The van der Waals surface area contributed by atoms with Crippen molar-refractivity contribution in [2.75, 3.05) is 24.7 Å². The first-order valence-corrected chi connectivity index (χ1v) is 11.2. The number of hydrogen-bond acceptors (Lipinski definition) is 6. The maximum Gasteiger partial charge on any atom is 0.256 e. The van der Waals surface area contributed by atoms with Crippen LogP contribution in [0.3, 0.4) is 0 Å². The van der Waals surface area contributed by atoms with Crippen LogP contribution in [0.5, 0.6) is 0 Å². The maximum absolute atomic E-state index is 12.6. The van der Waals surface area contributed by atoms with E-state index in [4.69, 9.17) is 5.73 Å². The van der Waals surface area contributed by atoms with Gasteiger partial charge in [0.2, 0.25) is 0 Å². The van der Waals surface area contributed by atoms with E-state index in [-0.39, 0.29) is 22.9 Å². The highest BCUT2D eigenvalue weighted by Gasteiger charge is 2.27. The third-order valence-corrected chi connectivity index (χ3v) is 6.82. The number of carbonyl (C=O) groups excluding carboxylic acids is 2. The van der Waals surface area contributed by atoms with Crippen molar-refractivity contribution in [3.63, 3.8) is 0 Å². The van der Waals surface area contributed by atoms with Crippen LogP contribution >= 0.6 is 23.7 Å². The minimum Gasteiger partial charge on any atom is -0.365 e. The highest BCUT2D eigenvalue weighted by Crippen LogP contribution is 2.37. The molecular formula is C18H22ClN3O4S2. The van der Waals surface area contributed by atoms with Gasteiger partial charge < -0.3 is 11.1 Å². The molecule has 0 saturated heterocycles. The Morgan fingerprint density at radius 2 is 2.04 bits per heavy atom. The first-order chi connectivity index (χ1) is 12.7. The second-order valence-corrected chi connectivity index (χ2v) is 9.57. The van der Waals surface area contributed by atoms with Gasteiger partial charge in [0.15, 0.2) is 9.84 Å². The van der Waals surface area contributed by atoms with E-state index < -0.39 is 21.7 Å². The van der Waals surface area contributed by atoms with Crippen molar-refractivity contribution in [3.8, 4) is 0 Å². The molecule has 2 amide bonds. The molecule has 1 aromatic heterocycles. The van der Waals surface area contributed by atoms with Crippen molar-refractivity contribution in [2.24, 2.45) is 5.73 Å². The second-order valence-electron chi connectivity index (χ2n) is 6.45. The number of benzene rings is 1. The smallest absolute Gasteiger partial charge is 0.256 e. The molecule has 2 heterocycles. The Kier molecular flexibility index (Phi) is 6.87. The third kappa shape index (κ3) is 4.54. The predicted molar refractivity (Wildman–Crippen MR) is 112 cm³/mol. The number of hydrogen-bond donors (Lipinski definition) is 2. The molecule has 0 radical (unpaired) electrons. The van der Waals surface area contributed by atoms with Crippen LogP contribution in [0.1, 0.15) is 38.1 Å². The topological polar surface area (TPSA) is 110 Å². The molecule has 0 fully saturated rings. The van der Waals surface area contributed by atoms with Gasteiger partial charge in [0.1, 0.15) is 5.00 Å². The molecule has 7 nitrogen and oxygen atoms in total. The van der Waals surface area contributed by atoms with Gasteiger partial charge >= 0.3 is 0 Å². The van der Waals surface area contributed by atoms with Crippen molar-refractivity contribution in [1.29, 1.82) is 0 Å². The van der Waals surface area contributed by atoms with Gasteiger partial charge in [0.25, 0.3) is 11.8 Å². The van der Waals surface area contributed by atoms with Crippen LogP contribution in [0.25, 0.3) is 0 Å². The average molecular weight is 444 g/mol. The molecule has 1 aliphatic rings. The second kappa shape index (κ2) is 8.60. The summed E-state index contributed by atoms with van der Waals surface area (Å²) < 4.78 is 23.4. The van der Waals surface area contributed by atoms with E-state index in [1.807, 2.05) is 0 Å². The Bertz CT molecular complexity index is 1020. The molecule has 0 spiro atoms. The molecule has 1 aliphatic heterocycles. The van der Waals surface area contributed by atoms with Crippen molar-refractivity contribution >= 4 is 50.4 Å². The molecule has 0 saturated carbocycles. The van der Waals surface area contributed by atoms with E-state index in [1.54, 1.807) is 0 Å². The van der Waals surface area contributed by atoms with Crippen LogP contribution in [0, 0.1) is 0 Å². The highest BCUT2D eigenvalue weighted by molar-refractivity contribution is 7.90. The molecule has 152 valence electrons. The standard InChI is InChI=1S/C18H21N3O4S2.ClH/c1-3-21-8-7-13-14(10-21)26-18(15(13)16(19)22)20-17(23)11-5-4-6-12(9-11)27(2,24)25;/h4-6,9H,3,7-8,10H2,1-2H3,(H2,19,22)(H,20,23);1H. The monoisotopic (exact) mass is 443 g/mol. The number of likely N-dealkylation sites (N-methyl/N-ethyl adjacent to an activating group) is 1. The summed E-state index contributed by atoms with van der Waals surface area (Å²) in [7, 11) is -3.42. The van der Waals surface area contributed by atoms with E-state index in [0.29, 0.717) is 17.0 Å². The number of carbonyl (C=O) groups is 2. The number of primary amides is 1. The van der Waals surface area contributed by atoms with Crippen molar-refractivity contribution in [3.05, 3.63) is 45.8 Å². The summed E-state index contributed by atoms with van der Waals surface area (Å²) in [5, 5.41) is 3.16. The maximum atomic E-state index is 12.6. The van der Waals surface area contributed by atoms with Crippen LogP contribution in [0.2, 0.25) is 0 Å². The van der Waals surface area contributed by atoms with Gasteiger partial charge in [-0.25, -0.2) is 8.42 Å². The van der Waals surface area contributed by atoms with Gasteiger partial charge in [-0.3, -0.25) is 14.5 Å². The minimum absolute atomic E-state index is 0. The van der Waals surface area contributed by atoms with Crippen LogP contribution in [0.15, 0.2) is 29.2 Å². The SMILES string of the molecule is CCN1CCc2c(sc(NC(=O)c3cccc(S(C)(=O)=O)c3)c2C(N)=O)C1.Cl. The Balaban J connectivity index is 0.00000280. The van der Waals surface area contributed by atoms with E-state index in [2.05, 4.69) is 17.1 Å². The summed E-state index contributed by atoms with van der Waals surface area (Å²) >= 11 is 1.35. The summed E-state index contributed by atoms with van der Waals surface area (Å²) in [5.41, 5.74) is 7.03. The Morgan fingerprint density at radius 3 is 2.64 bits per heavy atom. The number of thiophene rings is 1. The first-order valence-electron chi connectivity index (χ1n) is 8.49. The number of amides is 2. The molecule has 10 heteroatoms. The number of rotatable bonds is 5.